The number of hydrogen-bond acceptors (Lipinski definition) is 2. The molecule has 0 aliphatic carbocycles. The molecule has 0 saturated heterocycles. The van der Waals surface area contributed by atoms with Gasteiger partial charge in [0.05, 0.1) is 6.61 Å². The minimum absolute atomic E-state index is 0.287. The van der Waals surface area contributed by atoms with Crippen LogP contribution in [0.4, 0.5) is 4.39 Å². The average Bonchev–Trinajstić information content (AvgIpc) is 2.29. The molecule has 1 atom stereocenters. The Morgan fingerprint density at radius 1 is 1.38 bits per heavy atom. The molecule has 0 radical (unpaired) electrons. The van der Waals surface area contributed by atoms with E-state index >= 15 is 0 Å². The first kappa shape index (κ1) is 13.0. The molecule has 0 aromatic heterocycles. The molecule has 0 amide bonds. The lowest BCUT2D eigenvalue weighted by atomic mass is 10.2. The third-order valence-corrected chi connectivity index (χ3v) is 2.56. The molecule has 0 aliphatic rings. The minimum Gasteiger partial charge on any atom is -0.491 e. The molecule has 1 rings (SSSR count). The first-order chi connectivity index (χ1) is 7.67. The second kappa shape index (κ2) is 6.48. The van der Waals surface area contributed by atoms with E-state index in [2.05, 4.69) is 19.2 Å². The van der Waals surface area contributed by atoms with Crippen LogP contribution in [-0.2, 0) is 6.54 Å². The molecule has 1 aromatic carbocycles. The summed E-state index contributed by atoms with van der Waals surface area (Å²) in [5.74, 6) is 0.0418. The van der Waals surface area contributed by atoms with Gasteiger partial charge in [0.25, 0.3) is 0 Å². The van der Waals surface area contributed by atoms with Crippen molar-refractivity contribution in [3.8, 4) is 5.75 Å². The number of nitrogens with one attached hydrogen (secondary N) is 1. The Hall–Kier alpha value is -1.09. The highest BCUT2D eigenvalue weighted by Crippen LogP contribution is 2.18. The highest BCUT2D eigenvalue weighted by atomic mass is 19.1. The second-order valence-electron chi connectivity index (χ2n) is 3.89. The number of halogens is 1. The van der Waals surface area contributed by atoms with Gasteiger partial charge in [-0.05, 0) is 38.0 Å². The Morgan fingerprint density at radius 3 is 2.69 bits per heavy atom. The van der Waals surface area contributed by atoms with Gasteiger partial charge in [0.2, 0.25) is 0 Å². The van der Waals surface area contributed by atoms with Gasteiger partial charge in [-0.1, -0.05) is 13.0 Å². The van der Waals surface area contributed by atoms with Crippen molar-refractivity contribution in [3.63, 3.8) is 0 Å². The van der Waals surface area contributed by atoms with Crippen molar-refractivity contribution in [2.75, 3.05) is 6.61 Å². The van der Waals surface area contributed by atoms with Crippen molar-refractivity contribution in [3.05, 3.63) is 29.6 Å². The Morgan fingerprint density at radius 2 is 2.12 bits per heavy atom. The molecule has 90 valence electrons. The van der Waals surface area contributed by atoms with E-state index in [-0.39, 0.29) is 5.82 Å². The minimum atomic E-state index is -0.287. The largest absolute Gasteiger partial charge is 0.491 e. The van der Waals surface area contributed by atoms with E-state index in [1.54, 1.807) is 6.07 Å². The Balaban J connectivity index is 2.59. The Bertz CT molecular complexity index is 328. The van der Waals surface area contributed by atoms with Gasteiger partial charge < -0.3 is 10.1 Å². The molecule has 16 heavy (non-hydrogen) atoms. The van der Waals surface area contributed by atoms with E-state index < -0.39 is 0 Å². The van der Waals surface area contributed by atoms with Gasteiger partial charge in [-0.15, -0.1) is 0 Å². The molecule has 0 fully saturated rings. The molecule has 2 nitrogen and oxygen atoms in total. The fraction of sp³-hybridized carbons (Fsp3) is 0.538. The summed E-state index contributed by atoms with van der Waals surface area (Å²) < 4.78 is 18.6. The van der Waals surface area contributed by atoms with Crippen LogP contribution in [0, 0.1) is 5.82 Å². The third-order valence-electron chi connectivity index (χ3n) is 2.56. The summed E-state index contributed by atoms with van der Waals surface area (Å²) in [6, 6.07) is 5.56. The van der Waals surface area contributed by atoms with Crippen molar-refractivity contribution in [2.24, 2.45) is 0 Å². The maximum Gasteiger partial charge on any atom is 0.165 e. The zero-order valence-electron chi connectivity index (χ0n) is 10.2. The molecular weight excluding hydrogens is 205 g/mol. The highest BCUT2D eigenvalue weighted by molar-refractivity contribution is 5.29. The van der Waals surface area contributed by atoms with Gasteiger partial charge in [-0.2, -0.15) is 0 Å². The number of ether oxygens (including phenoxy) is 1. The maximum atomic E-state index is 13.5. The molecule has 0 spiro atoms. The van der Waals surface area contributed by atoms with Crippen LogP contribution in [0.2, 0.25) is 0 Å². The van der Waals surface area contributed by atoms with Gasteiger partial charge in [0, 0.05) is 12.6 Å². The lowest BCUT2D eigenvalue weighted by Crippen LogP contribution is -2.24. The van der Waals surface area contributed by atoms with Gasteiger partial charge in [-0.25, -0.2) is 4.39 Å². The van der Waals surface area contributed by atoms with E-state index in [9.17, 15) is 4.39 Å². The molecule has 1 aromatic rings. The zero-order valence-corrected chi connectivity index (χ0v) is 10.2. The predicted octanol–water partition coefficient (Wildman–Crippen LogP) is 3.11. The van der Waals surface area contributed by atoms with E-state index in [1.807, 2.05) is 13.0 Å². The van der Waals surface area contributed by atoms with Crippen LogP contribution >= 0.6 is 0 Å². The lowest BCUT2D eigenvalue weighted by molar-refractivity contribution is 0.321. The van der Waals surface area contributed by atoms with Crippen molar-refractivity contribution in [1.82, 2.24) is 5.32 Å². The summed E-state index contributed by atoms with van der Waals surface area (Å²) in [5.41, 5.74) is 0.946. The van der Waals surface area contributed by atoms with Crippen LogP contribution in [0.5, 0.6) is 5.75 Å². The van der Waals surface area contributed by atoms with Gasteiger partial charge in [0.1, 0.15) is 0 Å². The van der Waals surface area contributed by atoms with Crippen LogP contribution in [0.3, 0.4) is 0 Å². The molecule has 0 heterocycles. The highest BCUT2D eigenvalue weighted by Gasteiger charge is 2.04. The van der Waals surface area contributed by atoms with Crippen LogP contribution < -0.4 is 10.1 Å². The van der Waals surface area contributed by atoms with Gasteiger partial charge in [-0.3, -0.25) is 0 Å². The van der Waals surface area contributed by atoms with E-state index in [0.717, 1.165) is 12.0 Å². The Labute approximate surface area is 96.8 Å². The lowest BCUT2D eigenvalue weighted by Gasteiger charge is -2.12. The smallest absolute Gasteiger partial charge is 0.165 e. The SMILES string of the molecule is CCOc1ccc(CNC(C)CC)cc1F. The topological polar surface area (TPSA) is 21.3 Å². The molecular formula is C13H20FNO. The standard InChI is InChI=1S/C13H20FNO/c1-4-10(3)15-9-11-6-7-13(16-5-2)12(14)8-11/h6-8,10,15H,4-5,9H2,1-3H3. The summed E-state index contributed by atoms with van der Waals surface area (Å²) in [7, 11) is 0. The summed E-state index contributed by atoms with van der Waals surface area (Å²) in [6.45, 7) is 7.26. The average molecular weight is 225 g/mol. The normalized spacial score (nSPS) is 12.5. The molecule has 0 aliphatic heterocycles. The maximum absolute atomic E-state index is 13.5. The van der Waals surface area contributed by atoms with E-state index in [1.165, 1.54) is 6.07 Å². The van der Waals surface area contributed by atoms with Crippen molar-refractivity contribution >= 4 is 0 Å². The zero-order chi connectivity index (χ0) is 12.0. The first-order valence-corrected chi connectivity index (χ1v) is 5.82. The van der Waals surface area contributed by atoms with Crippen LogP contribution in [0.25, 0.3) is 0 Å². The third kappa shape index (κ3) is 3.81. The number of rotatable bonds is 6. The van der Waals surface area contributed by atoms with Crippen molar-refractivity contribution in [1.29, 1.82) is 0 Å². The van der Waals surface area contributed by atoms with Crippen LogP contribution in [-0.4, -0.2) is 12.6 Å². The van der Waals surface area contributed by atoms with Crippen LogP contribution in [0.15, 0.2) is 18.2 Å². The van der Waals surface area contributed by atoms with E-state index in [4.69, 9.17) is 4.74 Å². The summed E-state index contributed by atoms with van der Waals surface area (Å²) in [5, 5.41) is 3.32. The summed E-state index contributed by atoms with van der Waals surface area (Å²) >= 11 is 0. The predicted molar refractivity (Wildman–Crippen MR) is 64.2 cm³/mol. The Kier molecular flexibility index (Phi) is 5.26. The quantitative estimate of drug-likeness (QED) is 0.803. The molecule has 0 bridgehead atoms. The molecule has 0 saturated carbocycles. The number of benzene rings is 1. The van der Waals surface area contributed by atoms with Gasteiger partial charge in [0.15, 0.2) is 11.6 Å². The van der Waals surface area contributed by atoms with Gasteiger partial charge >= 0.3 is 0 Å². The van der Waals surface area contributed by atoms with Crippen LogP contribution in [0.1, 0.15) is 32.8 Å². The summed E-state index contributed by atoms with van der Waals surface area (Å²) in [6.07, 6.45) is 1.07. The van der Waals surface area contributed by atoms with E-state index in [0.29, 0.717) is 24.9 Å². The monoisotopic (exact) mass is 225 g/mol. The van der Waals surface area contributed by atoms with Crippen molar-refractivity contribution < 1.29 is 9.13 Å². The summed E-state index contributed by atoms with van der Waals surface area (Å²) in [4.78, 5) is 0. The molecule has 1 N–H and O–H groups in total. The fourth-order valence-corrected chi connectivity index (χ4v) is 1.36. The number of hydrogen-bond donors (Lipinski definition) is 1. The molecule has 1 unspecified atom stereocenters. The molecule has 3 heteroatoms. The second-order valence-corrected chi connectivity index (χ2v) is 3.89. The van der Waals surface area contributed by atoms with Crippen molar-refractivity contribution in [2.45, 2.75) is 39.8 Å². The fourth-order valence-electron chi connectivity index (χ4n) is 1.36. The first-order valence-electron chi connectivity index (χ1n) is 5.82.